The summed E-state index contributed by atoms with van der Waals surface area (Å²) < 4.78 is 0. The molecule has 0 saturated heterocycles. The van der Waals surface area contributed by atoms with Crippen LogP contribution >= 0.6 is 11.6 Å². The van der Waals surface area contributed by atoms with Gasteiger partial charge in [-0.05, 0) is 32.9 Å². The summed E-state index contributed by atoms with van der Waals surface area (Å²) >= 11 is 5.88. The van der Waals surface area contributed by atoms with Crippen LogP contribution in [0, 0.1) is 0 Å². The van der Waals surface area contributed by atoms with E-state index in [1.807, 2.05) is 6.07 Å². The minimum Gasteiger partial charge on any atom is -0.390 e. The Hall–Kier alpha value is -0.800. The largest absolute Gasteiger partial charge is 0.390 e. The molecule has 0 aliphatic heterocycles. The van der Waals surface area contributed by atoms with Gasteiger partial charge in [-0.3, -0.25) is 0 Å². The number of hydrogen-bond acceptors (Lipinski definition) is 3. The Balaban J connectivity index is 3.03. The molecule has 0 spiro atoms. The zero-order valence-corrected chi connectivity index (χ0v) is 10.1. The highest BCUT2D eigenvalue weighted by molar-refractivity contribution is 6.31. The number of aliphatic hydroxyl groups is 1. The Bertz CT molecular complexity index is 328. The molecule has 0 bridgehead atoms. The Morgan fingerprint density at radius 2 is 2.13 bits per heavy atom. The summed E-state index contributed by atoms with van der Waals surface area (Å²) in [5, 5.41) is 9.59. The molecule has 0 aromatic carbocycles. The zero-order chi connectivity index (χ0) is 11.4. The molecule has 0 unspecified atom stereocenters. The second kappa shape index (κ2) is 5.33. The SMILES string of the molecule is CCN(c1ccc(Cl)c(CO)n1)C(C)C. The lowest BCUT2D eigenvalue weighted by molar-refractivity contribution is 0.277. The van der Waals surface area contributed by atoms with Gasteiger partial charge in [0.05, 0.1) is 17.3 Å². The molecule has 3 nitrogen and oxygen atoms in total. The molecule has 1 N–H and O–H groups in total. The highest BCUT2D eigenvalue weighted by atomic mass is 35.5. The third kappa shape index (κ3) is 2.83. The molecule has 0 atom stereocenters. The maximum Gasteiger partial charge on any atom is 0.129 e. The van der Waals surface area contributed by atoms with Crippen molar-refractivity contribution in [2.45, 2.75) is 33.4 Å². The van der Waals surface area contributed by atoms with Crippen LogP contribution in [0.3, 0.4) is 0 Å². The van der Waals surface area contributed by atoms with Gasteiger partial charge in [-0.2, -0.15) is 0 Å². The molecule has 0 aliphatic carbocycles. The van der Waals surface area contributed by atoms with Crippen molar-refractivity contribution in [2.75, 3.05) is 11.4 Å². The van der Waals surface area contributed by atoms with Crippen molar-refractivity contribution in [3.05, 3.63) is 22.8 Å². The van der Waals surface area contributed by atoms with Crippen LogP contribution in [-0.2, 0) is 6.61 Å². The summed E-state index contributed by atoms with van der Waals surface area (Å²) in [4.78, 5) is 6.48. The molecule has 1 aromatic rings. The first-order chi connectivity index (χ1) is 7.10. The number of halogens is 1. The molecule has 84 valence electrons. The number of anilines is 1. The second-order valence-corrected chi connectivity index (χ2v) is 4.04. The highest BCUT2D eigenvalue weighted by Gasteiger charge is 2.11. The summed E-state index contributed by atoms with van der Waals surface area (Å²) in [6.07, 6.45) is 0. The van der Waals surface area contributed by atoms with Crippen molar-refractivity contribution in [1.29, 1.82) is 0 Å². The van der Waals surface area contributed by atoms with Gasteiger partial charge < -0.3 is 10.0 Å². The molecule has 1 aromatic heterocycles. The number of nitrogens with zero attached hydrogens (tertiary/aromatic N) is 2. The summed E-state index contributed by atoms with van der Waals surface area (Å²) in [6, 6.07) is 4.04. The average Bonchev–Trinajstić information content (AvgIpc) is 2.21. The van der Waals surface area contributed by atoms with E-state index in [0.29, 0.717) is 16.8 Å². The quantitative estimate of drug-likeness (QED) is 0.860. The van der Waals surface area contributed by atoms with Crippen molar-refractivity contribution >= 4 is 17.4 Å². The van der Waals surface area contributed by atoms with E-state index in [-0.39, 0.29) is 6.61 Å². The van der Waals surface area contributed by atoms with Crippen LogP contribution in [0.1, 0.15) is 26.5 Å². The number of rotatable bonds is 4. The van der Waals surface area contributed by atoms with E-state index >= 15 is 0 Å². The summed E-state index contributed by atoms with van der Waals surface area (Å²) in [5.74, 6) is 0.862. The summed E-state index contributed by atoms with van der Waals surface area (Å²) in [5.41, 5.74) is 0.535. The Labute approximate surface area is 95.7 Å². The molecule has 0 saturated carbocycles. The molecule has 1 rings (SSSR count). The van der Waals surface area contributed by atoms with E-state index in [9.17, 15) is 0 Å². The van der Waals surface area contributed by atoms with Crippen molar-refractivity contribution < 1.29 is 5.11 Å². The third-order valence-electron chi connectivity index (χ3n) is 2.31. The minimum atomic E-state index is -0.123. The lowest BCUT2D eigenvalue weighted by Crippen LogP contribution is -2.31. The van der Waals surface area contributed by atoms with Crippen LogP contribution in [-0.4, -0.2) is 22.7 Å². The van der Waals surface area contributed by atoms with Crippen molar-refractivity contribution in [3.63, 3.8) is 0 Å². The molecule has 0 fully saturated rings. The first kappa shape index (κ1) is 12.3. The lowest BCUT2D eigenvalue weighted by atomic mass is 10.3. The molecule has 0 amide bonds. The minimum absolute atomic E-state index is 0.123. The Morgan fingerprint density at radius 3 is 2.60 bits per heavy atom. The van der Waals surface area contributed by atoms with Gasteiger partial charge in [-0.25, -0.2) is 4.98 Å². The normalized spacial score (nSPS) is 10.8. The number of aromatic nitrogens is 1. The molecule has 4 heteroatoms. The number of pyridine rings is 1. The Morgan fingerprint density at radius 1 is 1.47 bits per heavy atom. The van der Waals surface area contributed by atoms with Crippen molar-refractivity contribution in [3.8, 4) is 0 Å². The van der Waals surface area contributed by atoms with Crippen LogP contribution in [0.25, 0.3) is 0 Å². The van der Waals surface area contributed by atoms with Gasteiger partial charge in [0.1, 0.15) is 5.82 Å². The topological polar surface area (TPSA) is 36.4 Å². The molecule has 15 heavy (non-hydrogen) atoms. The molecule has 0 radical (unpaired) electrons. The van der Waals surface area contributed by atoms with Gasteiger partial charge in [0.25, 0.3) is 0 Å². The first-order valence-corrected chi connectivity index (χ1v) is 5.50. The van der Waals surface area contributed by atoms with E-state index < -0.39 is 0 Å². The van der Waals surface area contributed by atoms with Gasteiger partial charge in [0.15, 0.2) is 0 Å². The zero-order valence-electron chi connectivity index (χ0n) is 9.37. The maximum atomic E-state index is 9.07. The van der Waals surface area contributed by atoms with Crippen LogP contribution in [0.4, 0.5) is 5.82 Å². The lowest BCUT2D eigenvalue weighted by Gasteiger charge is -2.26. The highest BCUT2D eigenvalue weighted by Crippen LogP contribution is 2.20. The predicted molar refractivity (Wildman–Crippen MR) is 63.3 cm³/mol. The van der Waals surface area contributed by atoms with E-state index in [4.69, 9.17) is 16.7 Å². The third-order valence-corrected chi connectivity index (χ3v) is 2.66. The van der Waals surface area contributed by atoms with E-state index in [1.165, 1.54) is 0 Å². The van der Waals surface area contributed by atoms with Gasteiger partial charge in [-0.1, -0.05) is 11.6 Å². The standard InChI is InChI=1S/C11H17ClN2O/c1-4-14(8(2)3)11-6-5-9(12)10(7-15)13-11/h5-6,8,15H,4,7H2,1-3H3. The summed E-state index contributed by atoms with van der Waals surface area (Å²) in [7, 11) is 0. The first-order valence-electron chi connectivity index (χ1n) is 5.13. The van der Waals surface area contributed by atoms with Gasteiger partial charge in [-0.15, -0.1) is 0 Å². The van der Waals surface area contributed by atoms with Gasteiger partial charge in [0, 0.05) is 12.6 Å². The van der Waals surface area contributed by atoms with Crippen LogP contribution in [0.2, 0.25) is 5.02 Å². The molecule has 0 aliphatic rings. The van der Waals surface area contributed by atoms with E-state index in [2.05, 4.69) is 30.7 Å². The van der Waals surface area contributed by atoms with E-state index in [0.717, 1.165) is 12.4 Å². The van der Waals surface area contributed by atoms with Crippen LogP contribution in [0.15, 0.2) is 12.1 Å². The van der Waals surface area contributed by atoms with E-state index in [1.54, 1.807) is 6.07 Å². The predicted octanol–water partition coefficient (Wildman–Crippen LogP) is 2.46. The van der Waals surface area contributed by atoms with Crippen LogP contribution in [0.5, 0.6) is 0 Å². The van der Waals surface area contributed by atoms with Gasteiger partial charge in [0.2, 0.25) is 0 Å². The fraction of sp³-hybridized carbons (Fsp3) is 0.545. The fourth-order valence-electron chi connectivity index (χ4n) is 1.54. The summed E-state index contributed by atoms with van der Waals surface area (Å²) in [6.45, 7) is 7.06. The molecular weight excluding hydrogens is 212 g/mol. The van der Waals surface area contributed by atoms with Crippen molar-refractivity contribution in [1.82, 2.24) is 4.98 Å². The molecule has 1 heterocycles. The second-order valence-electron chi connectivity index (χ2n) is 3.64. The average molecular weight is 229 g/mol. The number of aliphatic hydroxyl groups excluding tert-OH is 1. The number of hydrogen-bond donors (Lipinski definition) is 1. The monoisotopic (exact) mass is 228 g/mol. The Kier molecular flexibility index (Phi) is 4.36. The smallest absolute Gasteiger partial charge is 0.129 e. The molecular formula is C11H17ClN2O. The van der Waals surface area contributed by atoms with Gasteiger partial charge >= 0.3 is 0 Å². The maximum absolute atomic E-state index is 9.07. The fourth-order valence-corrected chi connectivity index (χ4v) is 1.70. The van der Waals surface area contributed by atoms with Crippen molar-refractivity contribution in [2.24, 2.45) is 0 Å². The van der Waals surface area contributed by atoms with Crippen LogP contribution < -0.4 is 4.90 Å².